The van der Waals surface area contributed by atoms with E-state index in [9.17, 15) is 13.2 Å². The number of alkyl halides is 3. The van der Waals surface area contributed by atoms with Gasteiger partial charge >= 0.3 is 6.18 Å². The molecule has 2 N–H and O–H groups in total. The first-order valence-corrected chi connectivity index (χ1v) is 8.40. The topological polar surface area (TPSA) is 45.7 Å². The van der Waals surface area contributed by atoms with Gasteiger partial charge in [0.05, 0.1) is 0 Å². The first-order chi connectivity index (χ1) is 10.9. The number of halogens is 3. The van der Waals surface area contributed by atoms with E-state index in [1.165, 1.54) is 4.88 Å². The van der Waals surface area contributed by atoms with Gasteiger partial charge in [-0.05, 0) is 30.2 Å². The van der Waals surface area contributed by atoms with Crippen LogP contribution in [0.25, 0.3) is 0 Å². The summed E-state index contributed by atoms with van der Waals surface area (Å²) in [6.07, 6.45) is -2.77. The average molecular weight is 351 g/mol. The number of aliphatic imine (C=N–C) groups is 1. The van der Waals surface area contributed by atoms with Crippen molar-refractivity contribution in [1.82, 2.24) is 10.6 Å². The van der Waals surface area contributed by atoms with Gasteiger partial charge in [0.1, 0.15) is 6.61 Å². The number of hydrogen-bond acceptors (Lipinski definition) is 3. The third-order valence-corrected chi connectivity index (χ3v) is 3.89. The van der Waals surface area contributed by atoms with Crippen molar-refractivity contribution in [2.45, 2.75) is 25.9 Å². The molecular formula is C15H24F3N3OS. The lowest BCUT2D eigenvalue weighted by Crippen LogP contribution is -2.40. The van der Waals surface area contributed by atoms with Crippen molar-refractivity contribution < 1.29 is 17.9 Å². The molecule has 1 atom stereocenters. The molecule has 1 aromatic rings. The van der Waals surface area contributed by atoms with Crippen molar-refractivity contribution >= 4 is 17.3 Å². The van der Waals surface area contributed by atoms with Crippen LogP contribution < -0.4 is 10.6 Å². The monoisotopic (exact) mass is 351 g/mol. The van der Waals surface area contributed by atoms with Crippen LogP contribution in [0.4, 0.5) is 13.2 Å². The summed E-state index contributed by atoms with van der Waals surface area (Å²) in [4.78, 5) is 5.44. The molecule has 0 aliphatic carbocycles. The van der Waals surface area contributed by atoms with Crippen molar-refractivity contribution in [3.8, 4) is 0 Å². The van der Waals surface area contributed by atoms with Gasteiger partial charge in [0, 0.05) is 31.6 Å². The summed E-state index contributed by atoms with van der Waals surface area (Å²) in [5, 5.41) is 8.35. The van der Waals surface area contributed by atoms with Crippen LogP contribution in [0.15, 0.2) is 22.5 Å². The highest BCUT2D eigenvalue weighted by Crippen LogP contribution is 2.14. The minimum atomic E-state index is -4.26. The second-order valence-electron chi connectivity index (χ2n) is 5.29. The van der Waals surface area contributed by atoms with E-state index in [1.807, 2.05) is 6.07 Å². The number of nitrogens with one attached hydrogen (secondary N) is 2. The molecule has 0 saturated carbocycles. The smallest absolute Gasteiger partial charge is 0.372 e. The molecule has 0 aliphatic rings. The SMILES string of the molecule is CN=C(NCCCOCC(F)(F)F)NCC(C)Cc1cccs1. The van der Waals surface area contributed by atoms with E-state index in [0.717, 1.165) is 13.0 Å². The molecule has 0 aromatic carbocycles. The van der Waals surface area contributed by atoms with Crippen molar-refractivity contribution in [3.63, 3.8) is 0 Å². The highest BCUT2D eigenvalue weighted by Gasteiger charge is 2.27. The Morgan fingerprint density at radius 3 is 2.78 bits per heavy atom. The Morgan fingerprint density at radius 2 is 2.17 bits per heavy atom. The van der Waals surface area contributed by atoms with Gasteiger partial charge in [-0.25, -0.2) is 0 Å². The molecule has 0 spiro atoms. The normalized spacial score (nSPS) is 13.9. The van der Waals surface area contributed by atoms with Gasteiger partial charge in [-0.3, -0.25) is 4.99 Å². The van der Waals surface area contributed by atoms with Crippen molar-refractivity contribution in [1.29, 1.82) is 0 Å². The minimum absolute atomic E-state index is 0.0677. The Bertz CT molecular complexity index is 449. The molecule has 0 aliphatic heterocycles. The quantitative estimate of drug-likeness (QED) is 0.408. The van der Waals surface area contributed by atoms with Gasteiger partial charge in [0.15, 0.2) is 5.96 Å². The number of nitrogens with zero attached hydrogens (tertiary/aromatic N) is 1. The molecule has 0 amide bonds. The maximum atomic E-state index is 11.9. The molecule has 132 valence electrons. The highest BCUT2D eigenvalue weighted by molar-refractivity contribution is 7.09. The molecule has 0 fully saturated rings. The summed E-state index contributed by atoms with van der Waals surface area (Å²) in [7, 11) is 1.67. The van der Waals surface area contributed by atoms with E-state index in [2.05, 4.69) is 38.7 Å². The Labute approximate surface area is 139 Å². The summed E-state index contributed by atoms with van der Waals surface area (Å²) >= 11 is 1.75. The summed E-state index contributed by atoms with van der Waals surface area (Å²) in [5.41, 5.74) is 0. The molecule has 4 nitrogen and oxygen atoms in total. The van der Waals surface area contributed by atoms with Gasteiger partial charge in [-0.2, -0.15) is 13.2 Å². The van der Waals surface area contributed by atoms with E-state index in [1.54, 1.807) is 18.4 Å². The van der Waals surface area contributed by atoms with Gasteiger partial charge in [-0.15, -0.1) is 11.3 Å². The standard InChI is InChI=1S/C15H24F3N3OS/c1-12(9-13-5-3-8-23-13)10-21-14(19-2)20-6-4-7-22-11-15(16,17)18/h3,5,8,12H,4,6-7,9-11H2,1-2H3,(H2,19,20,21). The lowest BCUT2D eigenvalue weighted by molar-refractivity contribution is -0.173. The van der Waals surface area contributed by atoms with Crippen LogP contribution in [0.2, 0.25) is 0 Å². The zero-order chi connectivity index (χ0) is 17.1. The second kappa shape index (κ2) is 10.5. The third-order valence-electron chi connectivity index (χ3n) is 2.99. The van der Waals surface area contributed by atoms with E-state index in [0.29, 0.717) is 24.8 Å². The van der Waals surface area contributed by atoms with Gasteiger partial charge in [0.2, 0.25) is 0 Å². The summed E-state index contributed by atoms with van der Waals surface area (Å²) in [5.74, 6) is 1.11. The average Bonchev–Trinajstić information content (AvgIpc) is 2.97. The van der Waals surface area contributed by atoms with Crippen molar-refractivity contribution in [2.75, 3.05) is 33.4 Å². The molecule has 1 rings (SSSR count). The predicted octanol–water partition coefficient (Wildman–Crippen LogP) is 3.06. The summed E-state index contributed by atoms with van der Waals surface area (Å²) < 4.78 is 40.2. The first-order valence-electron chi connectivity index (χ1n) is 7.52. The summed E-state index contributed by atoms with van der Waals surface area (Å²) in [6, 6.07) is 4.16. The molecule has 8 heteroatoms. The fourth-order valence-corrected chi connectivity index (χ4v) is 2.77. The fourth-order valence-electron chi connectivity index (χ4n) is 1.90. The third kappa shape index (κ3) is 10.2. The van der Waals surface area contributed by atoms with E-state index in [4.69, 9.17) is 0 Å². The van der Waals surface area contributed by atoms with Gasteiger partial charge < -0.3 is 15.4 Å². The number of rotatable bonds is 9. The molecule has 0 saturated heterocycles. The maximum absolute atomic E-state index is 11.9. The van der Waals surface area contributed by atoms with Crippen molar-refractivity contribution in [2.24, 2.45) is 10.9 Å². The molecule has 0 bridgehead atoms. The fraction of sp³-hybridized carbons (Fsp3) is 0.667. The van der Waals surface area contributed by atoms with E-state index in [-0.39, 0.29) is 6.61 Å². The Kier molecular flexibility index (Phi) is 9.01. The van der Waals surface area contributed by atoms with Crippen LogP contribution >= 0.6 is 11.3 Å². The Morgan fingerprint density at radius 1 is 1.39 bits per heavy atom. The van der Waals surface area contributed by atoms with E-state index >= 15 is 0 Å². The van der Waals surface area contributed by atoms with E-state index < -0.39 is 12.8 Å². The van der Waals surface area contributed by atoms with Crippen LogP contribution in [-0.2, 0) is 11.2 Å². The maximum Gasteiger partial charge on any atom is 0.411 e. The predicted molar refractivity (Wildman–Crippen MR) is 88.0 cm³/mol. The lowest BCUT2D eigenvalue weighted by atomic mass is 10.1. The molecule has 1 aromatic heterocycles. The van der Waals surface area contributed by atoms with Gasteiger partial charge in [-0.1, -0.05) is 13.0 Å². The van der Waals surface area contributed by atoms with Gasteiger partial charge in [0.25, 0.3) is 0 Å². The molecule has 0 radical (unpaired) electrons. The first kappa shape index (κ1) is 19.8. The van der Waals surface area contributed by atoms with Crippen LogP contribution in [0.3, 0.4) is 0 Å². The van der Waals surface area contributed by atoms with Crippen molar-refractivity contribution in [3.05, 3.63) is 22.4 Å². The van der Waals surface area contributed by atoms with Crippen LogP contribution in [0, 0.1) is 5.92 Å². The number of thiophene rings is 1. The van der Waals surface area contributed by atoms with Crippen LogP contribution in [-0.4, -0.2) is 45.5 Å². The molecule has 1 heterocycles. The zero-order valence-corrected chi connectivity index (χ0v) is 14.3. The summed E-state index contributed by atoms with van der Waals surface area (Å²) in [6.45, 7) is 2.32. The number of hydrogen-bond donors (Lipinski definition) is 2. The Balaban J connectivity index is 2.10. The molecule has 23 heavy (non-hydrogen) atoms. The largest absolute Gasteiger partial charge is 0.411 e. The number of guanidine groups is 1. The molecular weight excluding hydrogens is 327 g/mol. The van der Waals surface area contributed by atoms with Crippen LogP contribution in [0.1, 0.15) is 18.2 Å². The number of ether oxygens (including phenoxy) is 1. The zero-order valence-electron chi connectivity index (χ0n) is 13.4. The highest BCUT2D eigenvalue weighted by atomic mass is 32.1. The minimum Gasteiger partial charge on any atom is -0.372 e. The second-order valence-corrected chi connectivity index (χ2v) is 6.32. The molecule has 1 unspecified atom stereocenters. The lowest BCUT2D eigenvalue weighted by Gasteiger charge is -2.15. The van der Waals surface area contributed by atoms with Crippen LogP contribution in [0.5, 0.6) is 0 Å². The Hall–Kier alpha value is -1.28.